The van der Waals surface area contributed by atoms with Crippen LogP contribution in [0.2, 0.25) is 0 Å². The Morgan fingerprint density at radius 2 is 1.72 bits per heavy atom. The summed E-state index contributed by atoms with van der Waals surface area (Å²) in [6.45, 7) is -1.07. The summed E-state index contributed by atoms with van der Waals surface area (Å²) < 4.78 is 12.8. The first-order valence-electron chi connectivity index (χ1n) is 5.31. The lowest BCUT2D eigenvalue weighted by Gasteiger charge is -2.21. The Morgan fingerprint density at radius 3 is 2.11 bits per heavy atom. The molecule has 0 aliphatic carbocycles. The molecule has 94 valence electrons. The summed E-state index contributed by atoms with van der Waals surface area (Å²) in [6, 6.07) is 4.86. The number of alkyl halides is 1. The van der Waals surface area contributed by atoms with Crippen molar-refractivity contribution in [3.05, 3.63) is 35.4 Å². The van der Waals surface area contributed by atoms with E-state index < -0.39 is 36.9 Å². The van der Waals surface area contributed by atoms with E-state index in [1.165, 1.54) is 12.1 Å². The first-order chi connectivity index (χ1) is 8.56. The summed E-state index contributed by atoms with van der Waals surface area (Å²) in [5.74, 6) is -2.53. The van der Waals surface area contributed by atoms with Gasteiger partial charge >= 0.3 is 5.97 Å². The van der Waals surface area contributed by atoms with Crippen molar-refractivity contribution in [2.24, 2.45) is 0 Å². The topological polar surface area (TPSA) is 74.7 Å². The highest BCUT2D eigenvalue weighted by Gasteiger charge is 2.40. The number of carbonyl (C=O) groups excluding carboxylic acids is 2. The molecule has 1 aromatic carbocycles. The van der Waals surface area contributed by atoms with Crippen molar-refractivity contribution in [2.45, 2.75) is 12.5 Å². The Morgan fingerprint density at radius 1 is 1.22 bits per heavy atom. The molecule has 0 radical (unpaired) electrons. The van der Waals surface area contributed by atoms with Gasteiger partial charge in [-0.3, -0.25) is 19.3 Å². The van der Waals surface area contributed by atoms with Crippen molar-refractivity contribution >= 4 is 17.8 Å². The lowest BCUT2D eigenvalue weighted by atomic mass is 10.1. The predicted octanol–water partition coefficient (Wildman–Crippen LogP) is 1.10. The minimum atomic E-state index is -1.26. The zero-order valence-electron chi connectivity index (χ0n) is 9.30. The minimum absolute atomic E-state index is 0.186. The molecular formula is C12H10FNO4. The fourth-order valence-corrected chi connectivity index (χ4v) is 1.96. The summed E-state index contributed by atoms with van der Waals surface area (Å²) in [4.78, 5) is 35.2. The summed E-state index contributed by atoms with van der Waals surface area (Å²) in [5.41, 5.74) is 0.373. The van der Waals surface area contributed by atoms with Gasteiger partial charge in [-0.15, -0.1) is 0 Å². The quantitative estimate of drug-likeness (QED) is 0.813. The number of amides is 2. The van der Waals surface area contributed by atoms with Gasteiger partial charge in [0.1, 0.15) is 6.67 Å². The molecule has 0 saturated heterocycles. The second kappa shape index (κ2) is 4.56. The third-order valence-corrected chi connectivity index (χ3v) is 2.78. The molecule has 5 nitrogen and oxygen atoms in total. The molecule has 0 saturated carbocycles. The van der Waals surface area contributed by atoms with Crippen molar-refractivity contribution in [1.82, 2.24) is 4.90 Å². The van der Waals surface area contributed by atoms with Crippen LogP contribution in [0.4, 0.5) is 4.39 Å². The normalized spacial score (nSPS) is 15.7. The van der Waals surface area contributed by atoms with Gasteiger partial charge in [0.25, 0.3) is 11.8 Å². The van der Waals surface area contributed by atoms with Crippen LogP contribution in [-0.2, 0) is 4.79 Å². The van der Waals surface area contributed by atoms with E-state index in [1.54, 1.807) is 12.1 Å². The van der Waals surface area contributed by atoms with Crippen LogP contribution in [0, 0.1) is 0 Å². The van der Waals surface area contributed by atoms with E-state index in [-0.39, 0.29) is 11.1 Å². The first-order valence-corrected chi connectivity index (χ1v) is 5.31. The van der Waals surface area contributed by atoms with Crippen LogP contribution in [0.3, 0.4) is 0 Å². The largest absolute Gasteiger partial charge is 0.481 e. The Labute approximate surface area is 102 Å². The van der Waals surface area contributed by atoms with Crippen molar-refractivity contribution in [2.75, 3.05) is 6.67 Å². The number of nitrogens with zero attached hydrogens (tertiary/aromatic N) is 1. The maximum atomic E-state index is 12.8. The smallest absolute Gasteiger partial charge is 0.305 e. The van der Waals surface area contributed by atoms with Gasteiger partial charge in [-0.1, -0.05) is 12.1 Å². The van der Waals surface area contributed by atoms with E-state index >= 15 is 0 Å². The number of hydrogen-bond acceptors (Lipinski definition) is 3. The van der Waals surface area contributed by atoms with Crippen LogP contribution in [0.15, 0.2) is 24.3 Å². The molecule has 0 aromatic heterocycles. The Balaban J connectivity index is 2.35. The van der Waals surface area contributed by atoms with Crippen LogP contribution in [0.5, 0.6) is 0 Å². The van der Waals surface area contributed by atoms with Crippen LogP contribution in [0.25, 0.3) is 0 Å². The summed E-state index contributed by atoms with van der Waals surface area (Å²) in [6.07, 6.45) is -0.595. The predicted molar refractivity (Wildman–Crippen MR) is 59.0 cm³/mol. The second-order valence-corrected chi connectivity index (χ2v) is 3.93. The van der Waals surface area contributed by atoms with E-state index in [1.807, 2.05) is 0 Å². The third kappa shape index (κ3) is 1.85. The number of imide groups is 1. The SMILES string of the molecule is O=C(O)CC(CF)N1C(=O)c2ccccc2C1=O. The number of carbonyl (C=O) groups is 3. The molecule has 0 fully saturated rings. The molecule has 1 aliphatic heterocycles. The molecule has 0 spiro atoms. The summed E-state index contributed by atoms with van der Waals surface area (Å²) in [5, 5.41) is 8.65. The zero-order chi connectivity index (χ0) is 13.3. The number of rotatable bonds is 4. The fraction of sp³-hybridized carbons (Fsp3) is 0.250. The summed E-state index contributed by atoms with van der Waals surface area (Å²) >= 11 is 0. The van der Waals surface area contributed by atoms with Crippen LogP contribution in [-0.4, -0.2) is 40.5 Å². The highest BCUT2D eigenvalue weighted by Crippen LogP contribution is 2.25. The van der Waals surface area contributed by atoms with Gasteiger partial charge in [0.05, 0.1) is 23.6 Å². The Bertz CT molecular complexity index is 494. The maximum Gasteiger partial charge on any atom is 0.305 e. The van der Waals surface area contributed by atoms with E-state index in [0.29, 0.717) is 4.90 Å². The molecule has 18 heavy (non-hydrogen) atoms. The van der Waals surface area contributed by atoms with Crippen molar-refractivity contribution < 1.29 is 23.9 Å². The first kappa shape index (κ1) is 12.2. The molecule has 1 aliphatic rings. The van der Waals surface area contributed by atoms with Gasteiger partial charge in [0.2, 0.25) is 0 Å². The van der Waals surface area contributed by atoms with Crippen molar-refractivity contribution in [3.8, 4) is 0 Å². The molecular weight excluding hydrogens is 241 g/mol. The van der Waals surface area contributed by atoms with Gasteiger partial charge in [-0.25, -0.2) is 4.39 Å². The molecule has 1 atom stereocenters. The lowest BCUT2D eigenvalue weighted by Crippen LogP contribution is -2.42. The number of fused-ring (bicyclic) bond motifs is 1. The molecule has 2 rings (SSSR count). The molecule has 1 heterocycles. The maximum absolute atomic E-state index is 12.8. The highest BCUT2D eigenvalue weighted by atomic mass is 19.1. The molecule has 2 amide bonds. The van der Waals surface area contributed by atoms with Crippen molar-refractivity contribution in [3.63, 3.8) is 0 Å². The van der Waals surface area contributed by atoms with Gasteiger partial charge < -0.3 is 5.11 Å². The number of carboxylic acids is 1. The molecule has 0 bridgehead atoms. The molecule has 1 unspecified atom stereocenters. The van der Waals surface area contributed by atoms with Crippen LogP contribution < -0.4 is 0 Å². The number of benzene rings is 1. The Hall–Kier alpha value is -2.24. The number of hydrogen-bond donors (Lipinski definition) is 1. The van der Waals surface area contributed by atoms with Gasteiger partial charge in [-0.2, -0.15) is 0 Å². The van der Waals surface area contributed by atoms with E-state index in [2.05, 4.69) is 0 Å². The molecule has 1 aromatic rings. The second-order valence-electron chi connectivity index (χ2n) is 3.93. The average molecular weight is 251 g/mol. The number of halogens is 1. The van der Waals surface area contributed by atoms with Crippen LogP contribution in [0.1, 0.15) is 27.1 Å². The molecule has 1 N–H and O–H groups in total. The number of aliphatic carboxylic acids is 1. The van der Waals surface area contributed by atoms with Gasteiger partial charge in [0.15, 0.2) is 0 Å². The highest BCUT2D eigenvalue weighted by molar-refractivity contribution is 6.21. The lowest BCUT2D eigenvalue weighted by molar-refractivity contribution is -0.138. The van der Waals surface area contributed by atoms with Gasteiger partial charge in [-0.05, 0) is 12.1 Å². The molecule has 6 heteroatoms. The summed E-state index contributed by atoms with van der Waals surface area (Å²) in [7, 11) is 0. The third-order valence-electron chi connectivity index (χ3n) is 2.78. The van der Waals surface area contributed by atoms with Crippen molar-refractivity contribution in [1.29, 1.82) is 0 Å². The zero-order valence-corrected chi connectivity index (χ0v) is 9.30. The standard InChI is InChI=1S/C12H10FNO4/c13-6-7(5-10(15)16)14-11(17)8-3-1-2-4-9(8)12(14)18/h1-4,7H,5-6H2,(H,15,16). The van der Waals surface area contributed by atoms with Crippen LogP contribution >= 0.6 is 0 Å². The van der Waals surface area contributed by atoms with Gasteiger partial charge in [0, 0.05) is 0 Å². The minimum Gasteiger partial charge on any atom is -0.481 e. The van der Waals surface area contributed by atoms with E-state index in [9.17, 15) is 18.8 Å². The number of carboxylic acid groups (broad SMARTS) is 1. The monoisotopic (exact) mass is 251 g/mol. The fourth-order valence-electron chi connectivity index (χ4n) is 1.96. The average Bonchev–Trinajstić information content (AvgIpc) is 2.60. The van der Waals surface area contributed by atoms with E-state index in [0.717, 1.165) is 0 Å². The van der Waals surface area contributed by atoms with E-state index in [4.69, 9.17) is 5.11 Å². The Kier molecular flexibility index (Phi) is 3.10.